The number of aliphatic carboxylic acids is 1. The predicted octanol–water partition coefficient (Wildman–Crippen LogP) is 2.34. The Morgan fingerprint density at radius 2 is 1.64 bits per heavy atom. The van der Waals surface area contributed by atoms with Gasteiger partial charge in [0.2, 0.25) is 0 Å². The average molecular weight is 176 g/mol. The first-order valence-electron chi connectivity index (χ1n) is 4.10. The quantitative estimate of drug-likeness (QED) is 0.461. The molecule has 0 atom stereocenters. The van der Waals surface area contributed by atoms with Gasteiger partial charge >= 0.3 is 5.97 Å². The third-order valence-corrected chi connectivity index (χ3v) is 1.86. The average Bonchev–Trinajstić information content (AvgIpc) is 1.96. The molecule has 0 aromatic rings. The standard InChI is InChI=1S/C8H16O2S/c9-8(10)6-4-2-1-3-5-7-11/h11H,1-7H2,(H,9,10). The second-order valence-corrected chi connectivity index (χ2v) is 3.08. The van der Waals surface area contributed by atoms with Crippen LogP contribution in [0.2, 0.25) is 0 Å². The van der Waals surface area contributed by atoms with Crippen LogP contribution in [0.15, 0.2) is 0 Å². The largest absolute Gasteiger partial charge is 0.481 e. The van der Waals surface area contributed by atoms with Crippen molar-refractivity contribution in [2.45, 2.75) is 38.5 Å². The van der Waals surface area contributed by atoms with Gasteiger partial charge in [-0.05, 0) is 18.6 Å². The van der Waals surface area contributed by atoms with Gasteiger partial charge in [-0.15, -0.1) is 0 Å². The van der Waals surface area contributed by atoms with Gasteiger partial charge in [0.05, 0.1) is 0 Å². The zero-order chi connectivity index (χ0) is 8.53. The van der Waals surface area contributed by atoms with Gasteiger partial charge in [-0.3, -0.25) is 4.79 Å². The SMILES string of the molecule is O=C(O)CCCCCCCS. The highest BCUT2D eigenvalue weighted by atomic mass is 32.1. The van der Waals surface area contributed by atoms with E-state index in [0.717, 1.165) is 31.4 Å². The second-order valence-electron chi connectivity index (χ2n) is 2.64. The van der Waals surface area contributed by atoms with Crippen LogP contribution in [0.3, 0.4) is 0 Å². The third-order valence-electron chi connectivity index (χ3n) is 1.55. The maximum absolute atomic E-state index is 10.1. The summed E-state index contributed by atoms with van der Waals surface area (Å²) in [6, 6.07) is 0. The number of carboxylic acid groups (broad SMARTS) is 1. The molecule has 2 nitrogen and oxygen atoms in total. The third kappa shape index (κ3) is 9.82. The lowest BCUT2D eigenvalue weighted by molar-refractivity contribution is -0.137. The van der Waals surface area contributed by atoms with Gasteiger partial charge in [0.1, 0.15) is 0 Å². The Bertz CT molecular complexity index is 104. The Kier molecular flexibility index (Phi) is 7.79. The van der Waals surface area contributed by atoms with E-state index in [-0.39, 0.29) is 0 Å². The smallest absolute Gasteiger partial charge is 0.303 e. The number of unbranched alkanes of at least 4 members (excludes halogenated alkanes) is 4. The Labute approximate surface area is 73.4 Å². The van der Waals surface area contributed by atoms with E-state index in [9.17, 15) is 4.79 Å². The van der Waals surface area contributed by atoms with Crippen LogP contribution in [0.5, 0.6) is 0 Å². The van der Waals surface area contributed by atoms with E-state index in [0.29, 0.717) is 6.42 Å². The van der Waals surface area contributed by atoms with Gasteiger partial charge in [0.15, 0.2) is 0 Å². The Morgan fingerprint density at radius 3 is 2.18 bits per heavy atom. The molecule has 0 rings (SSSR count). The minimum atomic E-state index is -0.681. The minimum absolute atomic E-state index is 0.320. The molecule has 0 aromatic carbocycles. The summed E-state index contributed by atoms with van der Waals surface area (Å²) in [5, 5.41) is 8.30. The fourth-order valence-corrected chi connectivity index (χ4v) is 1.14. The van der Waals surface area contributed by atoms with E-state index >= 15 is 0 Å². The molecule has 3 heteroatoms. The summed E-state index contributed by atoms with van der Waals surface area (Å²) >= 11 is 4.08. The molecule has 0 unspecified atom stereocenters. The van der Waals surface area contributed by atoms with Crippen molar-refractivity contribution in [3.63, 3.8) is 0 Å². The van der Waals surface area contributed by atoms with Crippen molar-refractivity contribution < 1.29 is 9.90 Å². The number of carbonyl (C=O) groups is 1. The van der Waals surface area contributed by atoms with Crippen molar-refractivity contribution in [1.82, 2.24) is 0 Å². The Balaban J connectivity index is 2.85. The predicted molar refractivity (Wildman–Crippen MR) is 49.2 cm³/mol. The van der Waals surface area contributed by atoms with E-state index in [4.69, 9.17) is 5.11 Å². The zero-order valence-electron chi connectivity index (χ0n) is 6.75. The summed E-state index contributed by atoms with van der Waals surface area (Å²) in [5.41, 5.74) is 0. The molecule has 0 radical (unpaired) electrons. The molecule has 0 fully saturated rings. The summed E-state index contributed by atoms with van der Waals surface area (Å²) in [5.74, 6) is 0.262. The summed E-state index contributed by atoms with van der Waals surface area (Å²) < 4.78 is 0. The van der Waals surface area contributed by atoms with Crippen molar-refractivity contribution in [1.29, 1.82) is 0 Å². The normalized spacial score (nSPS) is 9.91. The first-order chi connectivity index (χ1) is 5.27. The highest BCUT2D eigenvalue weighted by Crippen LogP contribution is 2.05. The second kappa shape index (κ2) is 7.92. The highest BCUT2D eigenvalue weighted by Gasteiger charge is 1.95. The van der Waals surface area contributed by atoms with Crippen LogP contribution >= 0.6 is 12.6 Å². The molecular formula is C8H16O2S. The summed E-state index contributed by atoms with van der Waals surface area (Å²) in [6.45, 7) is 0. The van der Waals surface area contributed by atoms with E-state index in [1.807, 2.05) is 0 Å². The van der Waals surface area contributed by atoms with E-state index in [2.05, 4.69) is 12.6 Å². The number of rotatable bonds is 7. The van der Waals surface area contributed by atoms with Crippen LogP contribution in [-0.4, -0.2) is 16.8 Å². The first-order valence-corrected chi connectivity index (χ1v) is 4.73. The van der Waals surface area contributed by atoms with Crippen LogP contribution in [0.25, 0.3) is 0 Å². The monoisotopic (exact) mass is 176 g/mol. The molecule has 0 spiro atoms. The summed E-state index contributed by atoms with van der Waals surface area (Å²) in [6.07, 6.45) is 5.66. The van der Waals surface area contributed by atoms with E-state index in [1.54, 1.807) is 0 Å². The maximum atomic E-state index is 10.1. The maximum Gasteiger partial charge on any atom is 0.303 e. The van der Waals surface area contributed by atoms with Crippen molar-refractivity contribution in [2.75, 3.05) is 5.75 Å². The molecular weight excluding hydrogens is 160 g/mol. The van der Waals surface area contributed by atoms with Crippen LogP contribution in [0.1, 0.15) is 38.5 Å². The van der Waals surface area contributed by atoms with Crippen LogP contribution in [0, 0.1) is 0 Å². The molecule has 0 aromatic heterocycles. The molecule has 0 saturated heterocycles. The number of carboxylic acids is 1. The Hall–Kier alpha value is -0.180. The molecule has 0 aliphatic rings. The fraction of sp³-hybridized carbons (Fsp3) is 0.875. The lowest BCUT2D eigenvalue weighted by Gasteiger charge is -1.96. The molecule has 0 bridgehead atoms. The first kappa shape index (κ1) is 10.8. The summed E-state index contributed by atoms with van der Waals surface area (Å²) in [4.78, 5) is 10.1. The van der Waals surface area contributed by atoms with Crippen LogP contribution in [-0.2, 0) is 4.79 Å². The van der Waals surface area contributed by atoms with Gasteiger partial charge in [-0.25, -0.2) is 0 Å². The van der Waals surface area contributed by atoms with Crippen molar-refractivity contribution in [3.05, 3.63) is 0 Å². The lowest BCUT2D eigenvalue weighted by Crippen LogP contribution is -1.93. The fourth-order valence-electron chi connectivity index (χ4n) is 0.918. The molecule has 0 saturated carbocycles. The number of thiol groups is 1. The Morgan fingerprint density at radius 1 is 1.09 bits per heavy atom. The van der Waals surface area contributed by atoms with Crippen LogP contribution < -0.4 is 0 Å². The molecule has 0 amide bonds. The molecule has 0 aliphatic carbocycles. The van der Waals surface area contributed by atoms with Gasteiger partial charge < -0.3 is 5.11 Å². The van der Waals surface area contributed by atoms with Gasteiger partial charge in [0, 0.05) is 6.42 Å². The molecule has 0 heterocycles. The van der Waals surface area contributed by atoms with Crippen molar-refractivity contribution in [2.24, 2.45) is 0 Å². The van der Waals surface area contributed by atoms with Crippen molar-refractivity contribution >= 4 is 18.6 Å². The molecule has 66 valence electrons. The molecule has 11 heavy (non-hydrogen) atoms. The van der Waals surface area contributed by atoms with Crippen molar-refractivity contribution in [3.8, 4) is 0 Å². The topological polar surface area (TPSA) is 37.3 Å². The van der Waals surface area contributed by atoms with E-state index < -0.39 is 5.97 Å². The minimum Gasteiger partial charge on any atom is -0.481 e. The molecule has 1 N–H and O–H groups in total. The zero-order valence-corrected chi connectivity index (χ0v) is 7.65. The molecule has 0 aliphatic heterocycles. The number of hydrogen-bond donors (Lipinski definition) is 2. The summed E-state index contributed by atoms with van der Waals surface area (Å²) in [7, 11) is 0. The van der Waals surface area contributed by atoms with Gasteiger partial charge in [-0.2, -0.15) is 12.6 Å². The van der Waals surface area contributed by atoms with Gasteiger partial charge in [0.25, 0.3) is 0 Å². The van der Waals surface area contributed by atoms with Gasteiger partial charge in [-0.1, -0.05) is 19.3 Å². The van der Waals surface area contributed by atoms with Crippen LogP contribution in [0.4, 0.5) is 0 Å². The highest BCUT2D eigenvalue weighted by molar-refractivity contribution is 7.80. The lowest BCUT2D eigenvalue weighted by atomic mass is 10.1. The number of hydrogen-bond acceptors (Lipinski definition) is 2. The van der Waals surface area contributed by atoms with E-state index in [1.165, 1.54) is 6.42 Å².